The number of hydrogen-bond donors (Lipinski definition) is 1. The molecule has 0 saturated carbocycles. The van der Waals surface area contributed by atoms with Crippen LogP contribution >= 0.6 is 11.3 Å². The summed E-state index contributed by atoms with van der Waals surface area (Å²) in [4.78, 5) is 15.5. The van der Waals surface area contributed by atoms with Gasteiger partial charge in [-0.2, -0.15) is 29.3 Å². The van der Waals surface area contributed by atoms with Crippen LogP contribution in [0, 0.1) is 0 Å². The summed E-state index contributed by atoms with van der Waals surface area (Å²) in [7, 11) is 0. The molecule has 0 unspecified atom stereocenters. The Bertz CT molecular complexity index is 1020. The van der Waals surface area contributed by atoms with E-state index in [1.165, 1.54) is 17.4 Å². The smallest absolute Gasteiger partial charge is 0.378 e. The SMILES string of the molecule is O=C(Cn1nnc(-c2ccsc2)n1)Nc1cc(C(F)(F)F)ccc1N1CCOCC1. The molecule has 3 heterocycles. The largest absolute Gasteiger partial charge is 0.416 e. The number of rotatable bonds is 5. The van der Waals surface area contributed by atoms with E-state index >= 15 is 0 Å². The van der Waals surface area contributed by atoms with Crippen molar-refractivity contribution in [1.29, 1.82) is 0 Å². The van der Waals surface area contributed by atoms with Crippen molar-refractivity contribution in [2.75, 3.05) is 36.5 Å². The highest BCUT2D eigenvalue weighted by Gasteiger charge is 2.32. The first-order valence-corrected chi connectivity index (χ1v) is 9.98. The molecule has 8 nitrogen and oxygen atoms in total. The summed E-state index contributed by atoms with van der Waals surface area (Å²) in [5.41, 5.74) is 0.521. The molecule has 12 heteroatoms. The topological polar surface area (TPSA) is 85.2 Å². The number of carbonyl (C=O) groups is 1. The molecule has 1 aliphatic heterocycles. The lowest BCUT2D eigenvalue weighted by Gasteiger charge is -2.31. The summed E-state index contributed by atoms with van der Waals surface area (Å²) in [6, 6.07) is 5.14. The van der Waals surface area contributed by atoms with Crippen molar-refractivity contribution in [2.45, 2.75) is 12.7 Å². The number of benzene rings is 1. The molecule has 0 atom stereocenters. The van der Waals surface area contributed by atoms with Crippen LogP contribution in [0.2, 0.25) is 0 Å². The molecule has 3 aromatic rings. The zero-order chi connectivity index (χ0) is 21.1. The number of nitrogens with zero attached hydrogens (tertiary/aromatic N) is 5. The van der Waals surface area contributed by atoms with Gasteiger partial charge in [-0.3, -0.25) is 4.79 Å². The van der Waals surface area contributed by atoms with Crippen molar-refractivity contribution in [3.05, 3.63) is 40.6 Å². The van der Waals surface area contributed by atoms with Crippen LogP contribution in [0.5, 0.6) is 0 Å². The molecule has 1 N–H and O–H groups in total. The third-order valence-electron chi connectivity index (χ3n) is 4.47. The molecule has 30 heavy (non-hydrogen) atoms. The summed E-state index contributed by atoms with van der Waals surface area (Å²) in [5.74, 6) is -0.185. The number of thiophene rings is 1. The maximum Gasteiger partial charge on any atom is 0.416 e. The Morgan fingerprint density at radius 2 is 2.03 bits per heavy atom. The molecule has 0 radical (unpaired) electrons. The van der Waals surface area contributed by atoms with Crippen LogP contribution in [0.15, 0.2) is 35.0 Å². The minimum atomic E-state index is -4.52. The zero-order valence-electron chi connectivity index (χ0n) is 15.6. The average Bonchev–Trinajstić information content (AvgIpc) is 3.39. The molecular weight excluding hydrogens is 421 g/mol. The maximum absolute atomic E-state index is 13.2. The van der Waals surface area contributed by atoms with Crippen LogP contribution in [0.4, 0.5) is 24.5 Å². The van der Waals surface area contributed by atoms with Crippen molar-refractivity contribution >= 4 is 28.6 Å². The number of tetrazole rings is 1. The fraction of sp³-hybridized carbons (Fsp3) is 0.333. The number of amides is 1. The van der Waals surface area contributed by atoms with Gasteiger partial charge in [-0.1, -0.05) is 0 Å². The molecule has 1 aliphatic rings. The van der Waals surface area contributed by atoms with Crippen LogP contribution < -0.4 is 10.2 Å². The van der Waals surface area contributed by atoms with Crippen LogP contribution in [-0.2, 0) is 22.3 Å². The van der Waals surface area contributed by atoms with Crippen LogP contribution in [0.3, 0.4) is 0 Å². The highest BCUT2D eigenvalue weighted by molar-refractivity contribution is 7.08. The monoisotopic (exact) mass is 438 g/mol. The second-order valence-electron chi connectivity index (χ2n) is 6.53. The molecule has 2 aromatic heterocycles. The molecule has 1 saturated heterocycles. The summed E-state index contributed by atoms with van der Waals surface area (Å²) in [5, 5.41) is 18.1. The van der Waals surface area contributed by atoms with Crippen molar-refractivity contribution in [1.82, 2.24) is 20.2 Å². The maximum atomic E-state index is 13.2. The molecule has 0 aliphatic carbocycles. The number of anilines is 2. The lowest BCUT2D eigenvalue weighted by molar-refractivity contribution is -0.137. The number of halogens is 3. The Labute approximate surface area is 173 Å². The van der Waals surface area contributed by atoms with E-state index in [1.54, 1.807) is 0 Å². The van der Waals surface area contributed by atoms with Crippen LogP contribution in [0.25, 0.3) is 11.4 Å². The normalized spacial score (nSPS) is 14.7. The highest BCUT2D eigenvalue weighted by atomic mass is 32.1. The Kier molecular flexibility index (Phi) is 5.68. The Morgan fingerprint density at radius 3 is 2.73 bits per heavy atom. The van der Waals surface area contributed by atoms with Gasteiger partial charge in [0.2, 0.25) is 11.7 Å². The van der Waals surface area contributed by atoms with Crippen LogP contribution in [0.1, 0.15) is 5.56 Å². The number of alkyl halides is 3. The number of aromatic nitrogens is 4. The molecule has 4 rings (SSSR count). The van der Waals surface area contributed by atoms with E-state index in [0.29, 0.717) is 37.8 Å². The van der Waals surface area contributed by atoms with Gasteiger partial charge in [-0.05, 0) is 34.9 Å². The standard InChI is InChI=1S/C18H17F3N6O2S/c19-18(20,21)13-1-2-15(26-4-6-29-7-5-26)14(9-13)22-16(28)10-27-24-17(23-25-27)12-3-8-30-11-12/h1-3,8-9,11H,4-7,10H2,(H,22,28). The van der Waals surface area contributed by atoms with Gasteiger partial charge in [0, 0.05) is 24.0 Å². The van der Waals surface area contributed by atoms with Gasteiger partial charge in [0.15, 0.2) is 0 Å². The second kappa shape index (κ2) is 8.40. The predicted octanol–water partition coefficient (Wildman–Crippen LogP) is 2.90. The zero-order valence-corrected chi connectivity index (χ0v) is 16.4. The minimum absolute atomic E-state index is 0.0786. The Balaban J connectivity index is 1.53. The number of morpholine rings is 1. The quantitative estimate of drug-likeness (QED) is 0.660. The Morgan fingerprint density at radius 1 is 1.23 bits per heavy atom. The number of nitrogens with one attached hydrogen (secondary N) is 1. The number of hydrogen-bond acceptors (Lipinski definition) is 7. The summed E-state index contributed by atoms with van der Waals surface area (Å²) in [6.45, 7) is 1.67. The van der Waals surface area contributed by atoms with E-state index in [1.807, 2.05) is 21.7 Å². The molecule has 1 aromatic carbocycles. The van der Waals surface area contributed by atoms with Crippen molar-refractivity contribution in [3.8, 4) is 11.4 Å². The molecule has 1 fully saturated rings. The first kappa shape index (κ1) is 20.3. The fourth-order valence-electron chi connectivity index (χ4n) is 3.03. The molecule has 1 amide bonds. The highest BCUT2D eigenvalue weighted by Crippen LogP contribution is 2.35. The lowest BCUT2D eigenvalue weighted by atomic mass is 10.1. The summed E-state index contributed by atoms with van der Waals surface area (Å²) in [6.07, 6.45) is -4.52. The van der Waals surface area contributed by atoms with Gasteiger partial charge in [-0.15, -0.1) is 10.2 Å². The molecule has 0 spiro atoms. The average molecular weight is 438 g/mol. The van der Waals surface area contributed by atoms with E-state index in [0.717, 1.165) is 22.5 Å². The van der Waals surface area contributed by atoms with E-state index in [4.69, 9.17) is 4.74 Å². The van der Waals surface area contributed by atoms with Gasteiger partial charge in [0.05, 0.1) is 30.2 Å². The number of carbonyl (C=O) groups excluding carboxylic acids is 1. The molecule has 0 bridgehead atoms. The van der Waals surface area contributed by atoms with E-state index in [9.17, 15) is 18.0 Å². The van der Waals surface area contributed by atoms with Crippen LogP contribution in [-0.4, -0.2) is 52.4 Å². The van der Waals surface area contributed by atoms with Gasteiger partial charge in [-0.25, -0.2) is 0 Å². The summed E-state index contributed by atoms with van der Waals surface area (Å²) >= 11 is 1.48. The Hall–Kier alpha value is -2.99. The second-order valence-corrected chi connectivity index (χ2v) is 7.31. The van der Waals surface area contributed by atoms with Gasteiger partial charge in [0.1, 0.15) is 6.54 Å². The van der Waals surface area contributed by atoms with Crippen molar-refractivity contribution in [3.63, 3.8) is 0 Å². The first-order valence-electron chi connectivity index (χ1n) is 9.04. The van der Waals surface area contributed by atoms with Gasteiger partial charge < -0.3 is 15.0 Å². The van der Waals surface area contributed by atoms with Crippen molar-refractivity contribution in [2.24, 2.45) is 0 Å². The van der Waals surface area contributed by atoms with E-state index in [-0.39, 0.29) is 12.2 Å². The van der Waals surface area contributed by atoms with Gasteiger partial charge in [0.25, 0.3) is 0 Å². The minimum Gasteiger partial charge on any atom is -0.378 e. The fourth-order valence-corrected chi connectivity index (χ4v) is 3.66. The summed E-state index contributed by atoms with van der Waals surface area (Å²) < 4.78 is 44.9. The molecule has 158 valence electrons. The predicted molar refractivity (Wildman–Crippen MR) is 104 cm³/mol. The van der Waals surface area contributed by atoms with E-state index < -0.39 is 17.6 Å². The third-order valence-corrected chi connectivity index (χ3v) is 5.15. The number of ether oxygens (including phenoxy) is 1. The third kappa shape index (κ3) is 4.60. The van der Waals surface area contributed by atoms with Gasteiger partial charge >= 0.3 is 6.18 Å². The van der Waals surface area contributed by atoms with E-state index in [2.05, 4.69) is 20.7 Å². The van der Waals surface area contributed by atoms with Crippen molar-refractivity contribution < 1.29 is 22.7 Å². The molecular formula is C18H17F3N6O2S. The first-order chi connectivity index (χ1) is 14.4. The lowest BCUT2D eigenvalue weighted by Crippen LogP contribution is -2.37.